The molecule has 164 valence electrons. The first kappa shape index (κ1) is 21.7. The number of hydrogen-bond donors (Lipinski definition) is 0. The van der Waals surface area contributed by atoms with Gasteiger partial charge in [0.1, 0.15) is 11.5 Å². The number of methoxy groups -OCH3 is 2. The standard InChI is InChI=1S/C28H28O4/c1-4-32-26(29)11-7-8-19-12-15-23-21(18-19)14-17-25(31-3)28(23)27-22-10-6-5-9-20(22)13-16-24(27)30-2/h5-6,9-10,12-18H,4,7-8,11H2,1-3H3. The van der Waals surface area contributed by atoms with Crippen molar-refractivity contribution in [3.63, 3.8) is 0 Å². The molecule has 0 bridgehead atoms. The number of aryl methyl sites for hydroxylation is 1. The topological polar surface area (TPSA) is 44.8 Å². The van der Waals surface area contributed by atoms with Crippen LogP contribution in [0.1, 0.15) is 25.3 Å². The summed E-state index contributed by atoms with van der Waals surface area (Å²) >= 11 is 0. The molecule has 4 heteroatoms. The Morgan fingerprint density at radius 2 is 1.44 bits per heavy atom. The average Bonchev–Trinajstić information content (AvgIpc) is 2.82. The van der Waals surface area contributed by atoms with Crippen molar-refractivity contribution < 1.29 is 19.0 Å². The Morgan fingerprint density at radius 1 is 0.781 bits per heavy atom. The number of carbonyl (C=O) groups excluding carboxylic acids is 1. The van der Waals surface area contributed by atoms with Crippen LogP contribution in [0, 0.1) is 0 Å². The Morgan fingerprint density at radius 3 is 2.12 bits per heavy atom. The molecule has 0 fully saturated rings. The van der Waals surface area contributed by atoms with Gasteiger partial charge in [-0.3, -0.25) is 4.79 Å². The first-order chi connectivity index (χ1) is 15.7. The summed E-state index contributed by atoms with van der Waals surface area (Å²) in [4.78, 5) is 11.6. The summed E-state index contributed by atoms with van der Waals surface area (Å²) in [6.07, 6.45) is 2.03. The van der Waals surface area contributed by atoms with Gasteiger partial charge in [0.05, 0.1) is 20.8 Å². The monoisotopic (exact) mass is 428 g/mol. The summed E-state index contributed by atoms with van der Waals surface area (Å²) in [5, 5.41) is 4.51. The summed E-state index contributed by atoms with van der Waals surface area (Å²) in [6, 6.07) is 23.0. The van der Waals surface area contributed by atoms with E-state index in [2.05, 4.69) is 42.5 Å². The van der Waals surface area contributed by atoms with Gasteiger partial charge in [0.15, 0.2) is 0 Å². The zero-order valence-corrected chi connectivity index (χ0v) is 18.8. The Bertz CT molecular complexity index is 1260. The van der Waals surface area contributed by atoms with Crippen molar-refractivity contribution in [3.8, 4) is 22.6 Å². The van der Waals surface area contributed by atoms with Crippen molar-refractivity contribution >= 4 is 27.5 Å². The molecule has 4 rings (SSSR count). The van der Waals surface area contributed by atoms with Crippen molar-refractivity contribution in [2.45, 2.75) is 26.2 Å². The quantitative estimate of drug-likeness (QED) is 0.298. The van der Waals surface area contributed by atoms with Gasteiger partial charge in [0, 0.05) is 17.5 Å². The first-order valence-corrected chi connectivity index (χ1v) is 11.0. The normalized spacial score (nSPS) is 11.0. The molecular weight excluding hydrogens is 400 g/mol. The number of benzene rings is 4. The molecule has 0 atom stereocenters. The number of hydrogen-bond acceptors (Lipinski definition) is 4. The second-order valence-corrected chi connectivity index (χ2v) is 7.72. The molecule has 0 heterocycles. The Balaban J connectivity index is 1.80. The lowest BCUT2D eigenvalue weighted by atomic mass is 9.91. The van der Waals surface area contributed by atoms with Crippen LogP contribution in [-0.2, 0) is 16.0 Å². The third-order valence-electron chi connectivity index (χ3n) is 5.78. The maximum atomic E-state index is 11.6. The largest absolute Gasteiger partial charge is 0.496 e. The lowest BCUT2D eigenvalue weighted by molar-refractivity contribution is -0.143. The minimum absolute atomic E-state index is 0.136. The molecule has 0 amide bonds. The summed E-state index contributed by atoms with van der Waals surface area (Å²) in [5.41, 5.74) is 3.25. The molecule has 0 aliphatic rings. The van der Waals surface area contributed by atoms with Crippen LogP contribution < -0.4 is 9.47 Å². The molecule has 4 aromatic rings. The van der Waals surface area contributed by atoms with E-state index in [9.17, 15) is 4.79 Å². The average molecular weight is 429 g/mol. The fourth-order valence-corrected chi connectivity index (χ4v) is 4.29. The Labute approximate surface area is 188 Å². The predicted molar refractivity (Wildman–Crippen MR) is 130 cm³/mol. The van der Waals surface area contributed by atoms with Gasteiger partial charge < -0.3 is 14.2 Å². The van der Waals surface area contributed by atoms with Crippen LogP contribution in [0.4, 0.5) is 0 Å². The van der Waals surface area contributed by atoms with Gasteiger partial charge in [0.2, 0.25) is 0 Å². The second kappa shape index (κ2) is 9.73. The maximum Gasteiger partial charge on any atom is 0.305 e. The highest BCUT2D eigenvalue weighted by molar-refractivity contribution is 6.09. The van der Waals surface area contributed by atoms with Crippen LogP contribution >= 0.6 is 0 Å². The highest BCUT2D eigenvalue weighted by Crippen LogP contribution is 2.45. The zero-order valence-electron chi connectivity index (χ0n) is 18.8. The lowest BCUT2D eigenvalue weighted by Crippen LogP contribution is -2.04. The van der Waals surface area contributed by atoms with Gasteiger partial charge in [-0.1, -0.05) is 54.6 Å². The van der Waals surface area contributed by atoms with E-state index in [1.165, 1.54) is 5.56 Å². The highest BCUT2D eigenvalue weighted by Gasteiger charge is 2.18. The van der Waals surface area contributed by atoms with Crippen LogP contribution in [0.5, 0.6) is 11.5 Å². The minimum Gasteiger partial charge on any atom is -0.496 e. The smallest absolute Gasteiger partial charge is 0.305 e. The van der Waals surface area contributed by atoms with Gasteiger partial charge >= 0.3 is 5.97 Å². The van der Waals surface area contributed by atoms with Crippen molar-refractivity contribution in [1.82, 2.24) is 0 Å². The third kappa shape index (κ3) is 4.26. The van der Waals surface area contributed by atoms with Crippen molar-refractivity contribution in [3.05, 3.63) is 72.3 Å². The van der Waals surface area contributed by atoms with E-state index in [4.69, 9.17) is 14.2 Å². The lowest BCUT2D eigenvalue weighted by Gasteiger charge is -2.18. The number of esters is 1. The van der Waals surface area contributed by atoms with Crippen LogP contribution in [-0.4, -0.2) is 26.8 Å². The van der Waals surface area contributed by atoms with Crippen LogP contribution in [0.15, 0.2) is 66.7 Å². The highest BCUT2D eigenvalue weighted by atomic mass is 16.5. The second-order valence-electron chi connectivity index (χ2n) is 7.72. The molecule has 0 aliphatic carbocycles. The number of fused-ring (bicyclic) bond motifs is 2. The molecule has 0 unspecified atom stereocenters. The predicted octanol–water partition coefficient (Wildman–Crippen LogP) is 6.56. The Hall–Kier alpha value is -3.53. The summed E-state index contributed by atoms with van der Waals surface area (Å²) in [5.74, 6) is 1.48. The number of carbonyl (C=O) groups is 1. The molecule has 4 nitrogen and oxygen atoms in total. The van der Waals surface area contributed by atoms with E-state index in [1.54, 1.807) is 14.2 Å². The SMILES string of the molecule is CCOC(=O)CCCc1ccc2c(-c3c(OC)ccc4ccccc34)c(OC)ccc2c1. The van der Waals surface area contributed by atoms with Gasteiger partial charge in [-0.05, 0) is 59.0 Å². The van der Waals surface area contributed by atoms with E-state index in [-0.39, 0.29) is 5.97 Å². The first-order valence-electron chi connectivity index (χ1n) is 11.0. The summed E-state index contributed by atoms with van der Waals surface area (Å²) in [7, 11) is 3.40. The molecule has 0 spiro atoms. The van der Waals surface area contributed by atoms with Crippen LogP contribution in [0.3, 0.4) is 0 Å². The number of ether oxygens (including phenoxy) is 3. The van der Waals surface area contributed by atoms with Gasteiger partial charge in [-0.15, -0.1) is 0 Å². The summed E-state index contributed by atoms with van der Waals surface area (Å²) < 4.78 is 16.6. The molecular formula is C28H28O4. The maximum absolute atomic E-state index is 11.6. The van der Waals surface area contributed by atoms with Crippen molar-refractivity contribution in [1.29, 1.82) is 0 Å². The molecule has 0 saturated carbocycles. The fraction of sp³-hybridized carbons (Fsp3) is 0.250. The number of rotatable bonds is 8. The molecule has 0 N–H and O–H groups in total. The Kier molecular flexibility index (Phi) is 6.60. The van der Waals surface area contributed by atoms with E-state index < -0.39 is 0 Å². The van der Waals surface area contributed by atoms with Gasteiger partial charge in [0.25, 0.3) is 0 Å². The van der Waals surface area contributed by atoms with Crippen molar-refractivity contribution in [2.75, 3.05) is 20.8 Å². The van der Waals surface area contributed by atoms with Crippen LogP contribution in [0.2, 0.25) is 0 Å². The van der Waals surface area contributed by atoms with E-state index >= 15 is 0 Å². The molecule has 0 saturated heterocycles. The molecule has 0 aliphatic heterocycles. The summed E-state index contributed by atoms with van der Waals surface area (Å²) in [6.45, 7) is 2.26. The minimum atomic E-state index is -0.136. The van der Waals surface area contributed by atoms with Gasteiger partial charge in [-0.25, -0.2) is 0 Å². The van der Waals surface area contributed by atoms with Crippen LogP contribution in [0.25, 0.3) is 32.7 Å². The molecule has 0 radical (unpaired) electrons. The van der Waals surface area contributed by atoms with E-state index in [0.717, 1.165) is 57.0 Å². The molecule has 0 aromatic heterocycles. The van der Waals surface area contributed by atoms with E-state index in [0.29, 0.717) is 13.0 Å². The molecule has 32 heavy (non-hydrogen) atoms. The van der Waals surface area contributed by atoms with Crippen molar-refractivity contribution in [2.24, 2.45) is 0 Å². The third-order valence-corrected chi connectivity index (χ3v) is 5.78. The van der Waals surface area contributed by atoms with Gasteiger partial charge in [-0.2, -0.15) is 0 Å². The molecule has 4 aromatic carbocycles. The fourth-order valence-electron chi connectivity index (χ4n) is 4.29. The zero-order chi connectivity index (χ0) is 22.5. The van der Waals surface area contributed by atoms with E-state index in [1.807, 2.05) is 31.2 Å².